The second kappa shape index (κ2) is 3.71. The number of nitrogens with zero attached hydrogens (tertiary/aromatic N) is 2. The summed E-state index contributed by atoms with van der Waals surface area (Å²) in [6, 6.07) is 11.8. The van der Waals surface area contributed by atoms with Gasteiger partial charge in [-0.15, -0.1) is 0 Å². The van der Waals surface area contributed by atoms with Crippen LogP contribution in [0.1, 0.15) is 5.56 Å². The van der Waals surface area contributed by atoms with Crippen LogP contribution in [-0.4, -0.2) is 4.98 Å². The summed E-state index contributed by atoms with van der Waals surface area (Å²) in [6.07, 6.45) is 4.99. The minimum atomic E-state index is 0.932. The smallest absolute Gasteiger partial charge is 0.0912 e. The third-order valence-corrected chi connectivity index (χ3v) is 2.00. The number of hydrogen-bond donors (Lipinski definition) is 0. The molecule has 0 atom stereocenters. The minimum Gasteiger partial charge on any atom is -0.256 e. The molecule has 0 amide bonds. The molecule has 0 spiro atoms. The number of pyridine rings is 1. The maximum Gasteiger partial charge on any atom is 0.0912 e. The average molecular weight is 180 g/mol. The van der Waals surface area contributed by atoms with Gasteiger partial charge in [-0.2, -0.15) is 5.26 Å². The van der Waals surface area contributed by atoms with Crippen LogP contribution in [-0.2, 0) is 0 Å². The topological polar surface area (TPSA) is 36.7 Å². The van der Waals surface area contributed by atoms with Gasteiger partial charge in [0, 0.05) is 23.2 Å². The van der Waals surface area contributed by atoms with Gasteiger partial charge in [-0.05, 0) is 12.1 Å². The monoisotopic (exact) mass is 180 g/mol. The van der Waals surface area contributed by atoms with Crippen molar-refractivity contribution in [1.82, 2.24) is 4.98 Å². The van der Waals surface area contributed by atoms with Crippen molar-refractivity contribution in [3.8, 4) is 6.07 Å². The lowest BCUT2D eigenvalue weighted by atomic mass is 10.1. The molecule has 1 heterocycles. The van der Waals surface area contributed by atoms with E-state index in [-0.39, 0.29) is 0 Å². The molecule has 2 nitrogen and oxygen atoms in total. The number of hydrogen-bond acceptors (Lipinski definition) is 2. The van der Waals surface area contributed by atoms with E-state index in [4.69, 9.17) is 5.26 Å². The Hall–Kier alpha value is -2.14. The van der Waals surface area contributed by atoms with Crippen LogP contribution in [0.2, 0.25) is 0 Å². The van der Waals surface area contributed by atoms with Gasteiger partial charge in [-0.1, -0.05) is 24.3 Å². The molecule has 2 rings (SSSR count). The Bertz CT molecular complexity index is 516. The fourth-order valence-corrected chi connectivity index (χ4v) is 1.39. The first-order valence-electron chi connectivity index (χ1n) is 4.32. The van der Waals surface area contributed by atoms with Crippen molar-refractivity contribution in [3.05, 3.63) is 48.2 Å². The van der Waals surface area contributed by atoms with Crippen molar-refractivity contribution in [1.29, 1.82) is 5.26 Å². The van der Waals surface area contributed by atoms with E-state index in [2.05, 4.69) is 4.98 Å². The van der Waals surface area contributed by atoms with E-state index in [9.17, 15) is 0 Å². The molecule has 14 heavy (non-hydrogen) atoms. The Morgan fingerprint density at radius 1 is 1.21 bits per heavy atom. The van der Waals surface area contributed by atoms with Crippen molar-refractivity contribution in [2.45, 2.75) is 0 Å². The number of aromatic nitrogens is 1. The summed E-state index contributed by atoms with van der Waals surface area (Å²) in [5.74, 6) is 0. The SMILES string of the molecule is N#C/C=C\c1cccc2cccnc12. The van der Waals surface area contributed by atoms with Gasteiger partial charge < -0.3 is 0 Å². The summed E-state index contributed by atoms with van der Waals surface area (Å²) in [7, 11) is 0. The summed E-state index contributed by atoms with van der Waals surface area (Å²) in [4.78, 5) is 4.27. The fraction of sp³-hybridized carbons (Fsp3) is 0. The van der Waals surface area contributed by atoms with Crippen molar-refractivity contribution in [2.24, 2.45) is 0 Å². The standard InChI is InChI=1S/C12H8N2/c13-8-2-6-10-4-1-5-11-7-3-9-14-12(10)11/h1-7,9H/b6-2-. The molecule has 0 saturated heterocycles. The highest BCUT2D eigenvalue weighted by molar-refractivity contribution is 5.87. The average Bonchev–Trinajstić information content (AvgIpc) is 2.26. The summed E-state index contributed by atoms with van der Waals surface area (Å²) in [5, 5.41) is 9.53. The molecule has 0 radical (unpaired) electrons. The Morgan fingerprint density at radius 2 is 2.07 bits per heavy atom. The van der Waals surface area contributed by atoms with Gasteiger partial charge in [0.25, 0.3) is 0 Å². The third-order valence-electron chi connectivity index (χ3n) is 2.00. The van der Waals surface area contributed by atoms with Gasteiger partial charge >= 0.3 is 0 Å². The lowest BCUT2D eigenvalue weighted by Crippen LogP contribution is -1.81. The highest BCUT2D eigenvalue weighted by Crippen LogP contribution is 2.16. The van der Waals surface area contributed by atoms with Gasteiger partial charge in [-0.3, -0.25) is 4.98 Å². The molecular weight excluding hydrogens is 172 g/mol. The molecule has 0 saturated carbocycles. The van der Waals surface area contributed by atoms with Crippen LogP contribution in [0.5, 0.6) is 0 Å². The van der Waals surface area contributed by atoms with E-state index in [0.717, 1.165) is 16.5 Å². The molecule has 0 aliphatic rings. The van der Waals surface area contributed by atoms with Gasteiger partial charge in [0.2, 0.25) is 0 Å². The van der Waals surface area contributed by atoms with E-state index in [0.29, 0.717) is 0 Å². The van der Waals surface area contributed by atoms with Gasteiger partial charge in [-0.25, -0.2) is 0 Å². The van der Waals surface area contributed by atoms with Gasteiger partial charge in [0.15, 0.2) is 0 Å². The predicted octanol–water partition coefficient (Wildman–Crippen LogP) is 2.77. The quantitative estimate of drug-likeness (QED) is 0.633. The molecule has 0 N–H and O–H groups in total. The molecule has 2 aromatic rings. The number of fused-ring (bicyclic) bond motifs is 1. The second-order valence-electron chi connectivity index (χ2n) is 2.88. The highest BCUT2D eigenvalue weighted by Gasteiger charge is 1.96. The summed E-state index contributed by atoms with van der Waals surface area (Å²) in [5.41, 5.74) is 1.91. The molecule has 0 aliphatic heterocycles. The number of allylic oxidation sites excluding steroid dienone is 1. The molecule has 0 bridgehead atoms. The Balaban J connectivity index is 2.66. The molecule has 2 heteroatoms. The molecule has 66 valence electrons. The second-order valence-corrected chi connectivity index (χ2v) is 2.88. The summed E-state index contributed by atoms with van der Waals surface area (Å²) in [6.45, 7) is 0. The van der Waals surface area contributed by atoms with E-state index in [1.54, 1.807) is 12.3 Å². The van der Waals surface area contributed by atoms with Crippen molar-refractivity contribution < 1.29 is 0 Å². The first-order valence-corrected chi connectivity index (χ1v) is 4.32. The molecule has 0 aliphatic carbocycles. The molecular formula is C12H8N2. The van der Waals surface area contributed by atoms with Crippen LogP contribution >= 0.6 is 0 Å². The van der Waals surface area contributed by atoms with Gasteiger partial charge in [0.05, 0.1) is 11.6 Å². The Labute approximate surface area is 82.1 Å². The number of benzene rings is 1. The fourth-order valence-electron chi connectivity index (χ4n) is 1.39. The number of nitriles is 1. The first kappa shape index (κ1) is 8.46. The Morgan fingerprint density at radius 3 is 2.93 bits per heavy atom. The van der Waals surface area contributed by atoms with E-state index >= 15 is 0 Å². The molecule has 1 aromatic heterocycles. The highest BCUT2D eigenvalue weighted by atomic mass is 14.6. The molecule has 0 fully saturated rings. The summed E-state index contributed by atoms with van der Waals surface area (Å²) >= 11 is 0. The minimum absolute atomic E-state index is 0.932. The van der Waals surface area contributed by atoms with Crippen molar-refractivity contribution in [3.63, 3.8) is 0 Å². The van der Waals surface area contributed by atoms with E-state index in [1.807, 2.05) is 36.4 Å². The maximum absolute atomic E-state index is 8.44. The summed E-state index contributed by atoms with van der Waals surface area (Å²) < 4.78 is 0. The third kappa shape index (κ3) is 1.48. The zero-order chi connectivity index (χ0) is 9.80. The first-order chi connectivity index (χ1) is 6.92. The molecule has 1 aromatic carbocycles. The Kier molecular flexibility index (Phi) is 2.24. The zero-order valence-electron chi connectivity index (χ0n) is 7.51. The van der Waals surface area contributed by atoms with Crippen LogP contribution < -0.4 is 0 Å². The predicted molar refractivity (Wildman–Crippen MR) is 56.4 cm³/mol. The van der Waals surface area contributed by atoms with Crippen LogP contribution in [0.15, 0.2) is 42.6 Å². The number of rotatable bonds is 1. The maximum atomic E-state index is 8.44. The van der Waals surface area contributed by atoms with Gasteiger partial charge in [0.1, 0.15) is 0 Å². The van der Waals surface area contributed by atoms with Crippen LogP contribution in [0.4, 0.5) is 0 Å². The normalized spacial score (nSPS) is 10.5. The van der Waals surface area contributed by atoms with Crippen LogP contribution in [0, 0.1) is 11.3 Å². The number of para-hydroxylation sites is 1. The van der Waals surface area contributed by atoms with E-state index in [1.165, 1.54) is 6.08 Å². The lowest BCUT2D eigenvalue weighted by Gasteiger charge is -1.99. The molecule has 0 unspecified atom stereocenters. The largest absolute Gasteiger partial charge is 0.256 e. The van der Waals surface area contributed by atoms with E-state index < -0.39 is 0 Å². The lowest BCUT2D eigenvalue weighted by molar-refractivity contribution is 1.41. The van der Waals surface area contributed by atoms with Crippen LogP contribution in [0.25, 0.3) is 17.0 Å². The van der Waals surface area contributed by atoms with Crippen molar-refractivity contribution in [2.75, 3.05) is 0 Å². The zero-order valence-corrected chi connectivity index (χ0v) is 7.51. The van der Waals surface area contributed by atoms with Crippen LogP contribution in [0.3, 0.4) is 0 Å². The van der Waals surface area contributed by atoms with Crippen molar-refractivity contribution >= 4 is 17.0 Å².